The number of benzene rings is 1. The maximum atomic E-state index is 14.8. The van der Waals surface area contributed by atoms with Gasteiger partial charge < -0.3 is 15.2 Å². The van der Waals surface area contributed by atoms with E-state index in [1.807, 2.05) is 13.0 Å². The summed E-state index contributed by atoms with van der Waals surface area (Å²) in [5.74, 6) is -0.321. The third-order valence-electron chi connectivity index (χ3n) is 5.19. The average molecular weight is 381 g/mol. The number of halogens is 1. The van der Waals surface area contributed by atoms with Crippen molar-refractivity contribution < 1.29 is 18.7 Å². The van der Waals surface area contributed by atoms with E-state index in [-0.39, 0.29) is 24.1 Å². The first kappa shape index (κ1) is 18.2. The molecule has 7 heteroatoms. The molecule has 0 spiro atoms. The van der Waals surface area contributed by atoms with Crippen molar-refractivity contribution in [2.24, 2.45) is 16.6 Å². The second-order valence-corrected chi connectivity index (χ2v) is 7.24. The molecule has 4 rings (SSSR count). The highest BCUT2D eigenvalue weighted by molar-refractivity contribution is 5.95. The zero-order valence-electron chi connectivity index (χ0n) is 15.6. The Hall–Kier alpha value is -3.22. The number of fused-ring (bicyclic) bond motifs is 1. The molecule has 2 atom stereocenters. The second-order valence-electron chi connectivity index (χ2n) is 7.24. The number of hydrogen-bond donors (Lipinski definition) is 1. The topological polar surface area (TPSA) is 86.8 Å². The Kier molecular flexibility index (Phi) is 4.37. The van der Waals surface area contributed by atoms with E-state index in [0.29, 0.717) is 29.2 Å². The number of hydrogen-bond acceptors (Lipinski definition) is 6. The van der Waals surface area contributed by atoms with E-state index in [2.05, 4.69) is 9.98 Å². The molecule has 0 saturated heterocycles. The van der Waals surface area contributed by atoms with Crippen LogP contribution in [0.2, 0.25) is 0 Å². The van der Waals surface area contributed by atoms with Gasteiger partial charge in [-0.15, -0.1) is 0 Å². The average Bonchev–Trinajstić information content (AvgIpc) is 3.13. The summed E-state index contributed by atoms with van der Waals surface area (Å²) in [6.07, 6.45) is 3.25. The summed E-state index contributed by atoms with van der Waals surface area (Å²) >= 11 is 0. The number of ketones is 1. The molecule has 1 unspecified atom stereocenters. The fourth-order valence-electron chi connectivity index (χ4n) is 3.60. The summed E-state index contributed by atoms with van der Waals surface area (Å²) in [5.41, 5.74) is 7.20. The molecule has 0 radical (unpaired) electrons. The number of nitrogens with zero attached hydrogens (tertiary/aromatic N) is 2. The number of ether oxygens (including phenoxy) is 2. The molecule has 0 saturated carbocycles. The Balaban J connectivity index is 1.67. The standard InChI is InChI=1S/C21H20FN3O3/c1-12-3-6-17(24-9-12)18(26)8-13-4-5-16(22)14(7-13)21(2)15-10-27-11-19(15)28-20(23)25-21/h3-7,9,11,15H,8,10H2,1-2H3,(H2,23,25)/t15?,21-/m1/s1. The summed E-state index contributed by atoms with van der Waals surface area (Å²) in [5, 5.41) is 0. The normalized spacial score (nSPS) is 23.2. The summed E-state index contributed by atoms with van der Waals surface area (Å²) in [4.78, 5) is 21.1. The van der Waals surface area contributed by atoms with Gasteiger partial charge in [-0.2, -0.15) is 0 Å². The maximum Gasteiger partial charge on any atom is 0.288 e. The van der Waals surface area contributed by atoms with Crippen molar-refractivity contribution in [1.29, 1.82) is 0 Å². The van der Waals surface area contributed by atoms with Gasteiger partial charge in [-0.3, -0.25) is 9.78 Å². The van der Waals surface area contributed by atoms with Crippen LogP contribution in [0.15, 0.2) is 53.5 Å². The predicted octanol–water partition coefficient (Wildman–Crippen LogP) is 3.00. The number of rotatable bonds is 4. The van der Waals surface area contributed by atoms with E-state index in [9.17, 15) is 9.18 Å². The second kappa shape index (κ2) is 6.74. The molecule has 0 fully saturated rings. The van der Waals surface area contributed by atoms with Gasteiger partial charge in [-0.05, 0) is 43.2 Å². The van der Waals surface area contributed by atoms with E-state index in [4.69, 9.17) is 15.2 Å². The minimum absolute atomic E-state index is 0.0414. The van der Waals surface area contributed by atoms with E-state index < -0.39 is 11.4 Å². The van der Waals surface area contributed by atoms with Gasteiger partial charge >= 0.3 is 0 Å². The summed E-state index contributed by atoms with van der Waals surface area (Å²) in [7, 11) is 0. The molecular formula is C21H20FN3O3. The predicted molar refractivity (Wildman–Crippen MR) is 101 cm³/mol. The number of nitrogens with two attached hydrogens (primary N) is 1. The number of carbonyl (C=O) groups excluding carboxylic acids is 1. The Morgan fingerprint density at radius 3 is 2.93 bits per heavy atom. The Bertz CT molecular complexity index is 1000. The van der Waals surface area contributed by atoms with Crippen LogP contribution in [0.5, 0.6) is 0 Å². The van der Waals surface area contributed by atoms with Crippen LogP contribution in [0.3, 0.4) is 0 Å². The quantitative estimate of drug-likeness (QED) is 0.823. The van der Waals surface area contributed by atoms with Gasteiger partial charge in [0.05, 0.1) is 5.92 Å². The van der Waals surface area contributed by atoms with E-state index in [1.165, 1.54) is 12.3 Å². The number of Topliss-reactive ketones (excluding diaryl/α,β-unsaturated/α-hetero) is 1. The fraction of sp³-hybridized carbons (Fsp3) is 0.286. The van der Waals surface area contributed by atoms with Gasteiger partial charge in [0.25, 0.3) is 6.02 Å². The molecule has 28 heavy (non-hydrogen) atoms. The van der Waals surface area contributed by atoms with Crippen molar-refractivity contribution in [3.63, 3.8) is 0 Å². The van der Waals surface area contributed by atoms with Crippen LogP contribution in [-0.2, 0) is 21.4 Å². The van der Waals surface area contributed by atoms with Gasteiger partial charge in [0, 0.05) is 18.2 Å². The summed E-state index contributed by atoms with van der Waals surface area (Å²) < 4.78 is 25.5. The monoisotopic (exact) mass is 381 g/mol. The number of aromatic nitrogens is 1. The van der Waals surface area contributed by atoms with Gasteiger partial charge in [0.15, 0.2) is 11.5 Å². The first-order chi connectivity index (χ1) is 13.4. The van der Waals surface area contributed by atoms with E-state index >= 15 is 0 Å². The van der Waals surface area contributed by atoms with Crippen molar-refractivity contribution in [2.75, 3.05) is 6.61 Å². The van der Waals surface area contributed by atoms with Crippen LogP contribution in [0.4, 0.5) is 4.39 Å². The van der Waals surface area contributed by atoms with Crippen LogP contribution < -0.4 is 5.73 Å². The minimum atomic E-state index is -0.990. The zero-order valence-corrected chi connectivity index (χ0v) is 15.6. The maximum absolute atomic E-state index is 14.8. The highest BCUT2D eigenvalue weighted by Crippen LogP contribution is 2.44. The number of carbonyl (C=O) groups is 1. The highest BCUT2D eigenvalue weighted by Gasteiger charge is 2.47. The molecule has 0 aliphatic carbocycles. The molecule has 2 aliphatic rings. The lowest BCUT2D eigenvalue weighted by Crippen LogP contribution is -2.41. The third kappa shape index (κ3) is 3.13. The molecule has 1 aromatic heterocycles. The molecule has 6 nitrogen and oxygen atoms in total. The number of amidine groups is 1. The van der Waals surface area contributed by atoms with E-state index in [1.54, 1.807) is 31.3 Å². The number of aryl methyl sites for hydroxylation is 1. The molecule has 2 N–H and O–H groups in total. The lowest BCUT2D eigenvalue weighted by Gasteiger charge is -2.36. The SMILES string of the molecule is Cc1ccc(C(=O)Cc2ccc(F)c([C@@]3(C)N=C(N)OC4=COCC43)c2)nc1. The minimum Gasteiger partial charge on any atom is -0.497 e. The Morgan fingerprint density at radius 2 is 2.18 bits per heavy atom. The van der Waals surface area contributed by atoms with Crippen molar-refractivity contribution in [1.82, 2.24) is 4.98 Å². The molecule has 0 bridgehead atoms. The fourth-order valence-corrected chi connectivity index (χ4v) is 3.60. The van der Waals surface area contributed by atoms with Crippen LogP contribution in [0.1, 0.15) is 34.1 Å². The number of aliphatic imine (C=N–C) groups is 1. The van der Waals surface area contributed by atoms with Crippen LogP contribution in [0.25, 0.3) is 0 Å². The molecule has 144 valence electrons. The van der Waals surface area contributed by atoms with Gasteiger partial charge in [-0.1, -0.05) is 12.1 Å². The van der Waals surface area contributed by atoms with Gasteiger partial charge in [-0.25, -0.2) is 9.38 Å². The van der Waals surface area contributed by atoms with E-state index in [0.717, 1.165) is 5.56 Å². The first-order valence-electron chi connectivity index (χ1n) is 8.96. The van der Waals surface area contributed by atoms with Crippen molar-refractivity contribution in [3.05, 3.63) is 76.8 Å². The van der Waals surface area contributed by atoms with Gasteiger partial charge in [0.2, 0.25) is 0 Å². The molecule has 3 heterocycles. The Morgan fingerprint density at radius 1 is 1.36 bits per heavy atom. The van der Waals surface area contributed by atoms with Crippen molar-refractivity contribution in [2.45, 2.75) is 25.8 Å². The van der Waals surface area contributed by atoms with Crippen molar-refractivity contribution >= 4 is 11.8 Å². The number of pyridine rings is 1. The molecular weight excluding hydrogens is 361 g/mol. The van der Waals surface area contributed by atoms with Crippen LogP contribution in [0, 0.1) is 18.7 Å². The van der Waals surface area contributed by atoms with Crippen LogP contribution >= 0.6 is 0 Å². The largest absolute Gasteiger partial charge is 0.497 e. The third-order valence-corrected chi connectivity index (χ3v) is 5.19. The summed E-state index contributed by atoms with van der Waals surface area (Å²) in [6.45, 7) is 4.02. The lowest BCUT2D eigenvalue weighted by molar-refractivity contribution is 0.0988. The van der Waals surface area contributed by atoms with Crippen molar-refractivity contribution in [3.8, 4) is 0 Å². The summed E-state index contributed by atoms with van der Waals surface area (Å²) in [6, 6.07) is 8.11. The zero-order chi connectivity index (χ0) is 19.9. The molecule has 2 aliphatic heterocycles. The Labute approximate surface area is 161 Å². The lowest BCUT2D eigenvalue weighted by atomic mass is 9.78. The highest BCUT2D eigenvalue weighted by atomic mass is 19.1. The molecule has 2 aromatic rings. The smallest absolute Gasteiger partial charge is 0.288 e. The molecule has 0 amide bonds. The first-order valence-corrected chi connectivity index (χ1v) is 8.96. The molecule has 1 aromatic carbocycles. The van der Waals surface area contributed by atoms with Gasteiger partial charge in [0.1, 0.15) is 29.9 Å². The van der Waals surface area contributed by atoms with Crippen LogP contribution in [-0.4, -0.2) is 23.4 Å².